The first kappa shape index (κ1) is 19.4. The van der Waals surface area contributed by atoms with Gasteiger partial charge in [-0.3, -0.25) is 4.79 Å². The number of primary amides is 1. The highest BCUT2D eigenvalue weighted by molar-refractivity contribution is 6.03. The third-order valence-electron chi connectivity index (χ3n) is 4.86. The Labute approximate surface area is 174 Å². The topological polar surface area (TPSA) is 109 Å². The van der Waals surface area contributed by atoms with E-state index in [1.165, 1.54) is 6.33 Å². The summed E-state index contributed by atoms with van der Waals surface area (Å²) in [4.78, 5) is 20.8. The standard InChI is InChI=1S/C23H23N5O2/c1-23(2,3)28-12-17(19-20(24)26-13-27-22(19)28)14-9-10-18(16(11-14)21(25)29)30-15-7-5-4-6-8-15/h4-13H,1-3H3,(H2,25,29)(H2,24,26,27). The predicted octanol–water partition coefficient (Wildman–Crippen LogP) is 4.33. The van der Waals surface area contributed by atoms with Gasteiger partial charge in [0.1, 0.15) is 29.3 Å². The van der Waals surface area contributed by atoms with Crippen molar-refractivity contribution in [3.8, 4) is 22.6 Å². The molecule has 2 aromatic carbocycles. The molecule has 0 aliphatic carbocycles. The second-order valence-corrected chi connectivity index (χ2v) is 8.03. The lowest BCUT2D eigenvalue weighted by Crippen LogP contribution is -2.21. The average molecular weight is 401 g/mol. The molecular weight excluding hydrogens is 378 g/mol. The van der Waals surface area contributed by atoms with Gasteiger partial charge in [0, 0.05) is 17.3 Å². The van der Waals surface area contributed by atoms with Crippen molar-refractivity contribution in [2.24, 2.45) is 5.73 Å². The molecule has 2 heterocycles. The van der Waals surface area contributed by atoms with Crippen LogP contribution in [0.15, 0.2) is 61.1 Å². The van der Waals surface area contributed by atoms with Gasteiger partial charge in [-0.15, -0.1) is 0 Å². The Bertz CT molecular complexity index is 1240. The van der Waals surface area contributed by atoms with E-state index in [1.807, 2.05) is 47.2 Å². The molecule has 4 N–H and O–H groups in total. The number of hydrogen-bond acceptors (Lipinski definition) is 5. The van der Waals surface area contributed by atoms with Crippen LogP contribution >= 0.6 is 0 Å². The van der Waals surface area contributed by atoms with Crippen LogP contribution in [0.25, 0.3) is 22.2 Å². The lowest BCUT2D eigenvalue weighted by atomic mass is 10.0. The number of hydrogen-bond donors (Lipinski definition) is 2. The maximum Gasteiger partial charge on any atom is 0.252 e. The Balaban J connectivity index is 1.88. The molecule has 0 fully saturated rings. The fourth-order valence-corrected chi connectivity index (χ4v) is 3.41. The molecule has 0 bridgehead atoms. The largest absolute Gasteiger partial charge is 0.457 e. The van der Waals surface area contributed by atoms with E-state index >= 15 is 0 Å². The van der Waals surface area contributed by atoms with E-state index in [0.29, 0.717) is 17.3 Å². The SMILES string of the molecule is CC(C)(C)n1cc(-c2ccc(Oc3ccccc3)c(C(N)=O)c2)c2c(N)ncnc21. The number of carbonyl (C=O) groups is 1. The lowest BCUT2D eigenvalue weighted by Gasteiger charge is -2.21. The number of benzene rings is 2. The van der Waals surface area contributed by atoms with Crippen LogP contribution in [0.1, 0.15) is 31.1 Å². The van der Waals surface area contributed by atoms with Crippen molar-refractivity contribution in [1.82, 2.24) is 14.5 Å². The minimum absolute atomic E-state index is 0.222. The number of nitrogens with zero attached hydrogens (tertiary/aromatic N) is 3. The normalized spacial score (nSPS) is 11.6. The van der Waals surface area contributed by atoms with Gasteiger partial charge in [-0.05, 0) is 50.6 Å². The van der Waals surface area contributed by atoms with E-state index in [4.69, 9.17) is 16.2 Å². The zero-order valence-corrected chi connectivity index (χ0v) is 17.1. The second kappa shape index (κ2) is 7.18. The first-order valence-electron chi connectivity index (χ1n) is 9.55. The third kappa shape index (κ3) is 3.45. The monoisotopic (exact) mass is 401 g/mol. The van der Waals surface area contributed by atoms with Gasteiger partial charge in [0.2, 0.25) is 0 Å². The van der Waals surface area contributed by atoms with Gasteiger partial charge in [-0.1, -0.05) is 24.3 Å². The number of ether oxygens (including phenoxy) is 1. The minimum atomic E-state index is -0.577. The molecule has 152 valence electrons. The Morgan fingerprint density at radius 2 is 1.80 bits per heavy atom. The van der Waals surface area contributed by atoms with E-state index in [9.17, 15) is 4.79 Å². The first-order valence-corrected chi connectivity index (χ1v) is 9.55. The average Bonchev–Trinajstić information content (AvgIpc) is 3.10. The zero-order valence-electron chi connectivity index (χ0n) is 17.1. The number of fused-ring (bicyclic) bond motifs is 1. The van der Waals surface area contributed by atoms with E-state index in [1.54, 1.807) is 12.1 Å². The summed E-state index contributed by atoms with van der Waals surface area (Å²) in [5.74, 6) is 0.811. The highest BCUT2D eigenvalue weighted by Crippen LogP contribution is 2.37. The van der Waals surface area contributed by atoms with Gasteiger partial charge in [0.15, 0.2) is 0 Å². The van der Waals surface area contributed by atoms with Crippen LogP contribution in [0.2, 0.25) is 0 Å². The fourth-order valence-electron chi connectivity index (χ4n) is 3.41. The van der Waals surface area contributed by atoms with Crippen molar-refractivity contribution < 1.29 is 9.53 Å². The molecule has 0 spiro atoms. The smallest absolute Gasteiger partial charge is 0.252 e. The summed E-state index contributed by atoms with van der Waals surface area (Å²) < 4.78 is 7.93. The molecule has 0 atom stereocenters. The first-order chi connectivity index (χ1) is 14.3. The Morgan fingerprint density at radius 3 is 2.47 bits per heavy atom. The van der Waals surface area contributed by atoms with Gasteiger partial charge in [-0.2, -0.15) is 0 Å². The van der Waals surface area contributed by atoms with Gasteiger partial charge >= 0.3 is 0 Å². The Hall–Kier alpha value is -3.87. The van der Waals surface area contributed by atoms with Gasteiger partial charge < -0.3 is 20.8 Å². The summed E-state index contributed by atoms with van der Waals surface area (Å²) in [6, 6.07) is 14.6. The molecule has 1 amide bonds. The maximum atomic E-state index is 12.2. The van der Waals surface area contributed by atoms with Crippen molar-refractivity contribution in [3.63, 3.8) is 0 Å². The molecule has 0 saturated heterocycles. The zero-order chi connectivity index (χ0) is 21.5. The van der Waals surface area contributed by atoms with Crippen LogP contribution in [-0.2, 0) is 5.54 Å². The Morgan fingerprint density at radius 1 is 1.07 bits per heavy atom. The number of para-hydroxylation sites is 1. The molecule has 0 radical (unpaired) electrons. The molecule has 30 heavy (non-hydrogen) atoms. The summed E-state index contributed by atoms with van der Waals surface area (Å²) in [5.41, 5.74) is 14.3. The van der Waals surface area contributed by atoms with Crippen LogP contribution < -0.4 is 16.2 Å². The number of anilines is 1. The summed E-state index contributed by atoms with van der Waals surface area (Å²) in [6.07, 6.45) is 3.43. The van der Waals surface area contributed by atoms with Crippen molar-refractivity contribution in [2.45, 2.75) is 26.3 Å². The van der Waals surface area contributed by atoms with Crippen LogP contribution in [-0.4, -0.2) is 20.4 Å². The van der Waals surface area contributed by atoms with Crippen molar-refractivity contribution in [1.29, 1.82) is 0 Å². The molecule has 0 aliphatic rings. The molecule has 2 aromatic heterocycles. The molecule has 4 rings (SSSR count). The summed E-state index contributed by atoms with van der Waals surface area (Å²) >= 11 is 0. The van der Waals surface area contributed by atoms with Gasteiger partial charge in [0.25, 0.3) is 5.91 Å². The number of rotatable bonds is 4. The molecule has 7 nitrogen and oxygen atoms in total. The molecule has 4 aromatic rings. The number of nitrogens with two attached hydrogens (primary N) is 2. The van der Waals surface area contributed by atoms with E-state index in [0.717, 1.165) is 22.2 Å². The van der Waals surface area contributed by atoms with Crippen molar-refractivity contribution in [3.05, 3.63) is 66.6 Å². The van der Waals surface area contributed by atoms with Crippen LogP contribution in [0.3, 0.4) is 0 Å². The van der Waals surface area contributed by atoms with Gasteiger partial charge in [0.05, 0.1) is 10.9 Å². The summed E-state index contributed by atoms with van der Waals surface area (Å²) in [6.45, 7) is 6.25. The quantitative estimate of drug-likeness (QED) is 0.529. The summed E-state index contributed by atoms with van der Waals surface area (Å²) in [7, 11) is 0. The van der Waals surface area contributed by atoms with Crippen LogP contribution in [0.5, 0.6) is 11.5 Å². The van der Waals surface area contributed by atoms with Crippen molar-refractivity contribution >= 4 is 22.8 Å². The van der Waals surface area contributed by atoms with Crippen LogP contribution in [0.4, 0.5) is 5.82 Å². The van der Waals surface area contributed by atoms with Crippen molar-refractivity contribution in [2.75, 3.05) is 5.73 Å². The third-order valence-corrected chi connectivity index (χ3v) is 4.86. The molecule has 0 saturated carbocycles. The highest BCUT2D eigenvalue weighted by Gasteiger charge is 2.23. The number of nitrogen functional groups attached to an aromatic ring is 1. The maximum absolute atomic E-state index is 12.2. The predicted molar refractivity (Wildman–Crippen MR) is 117 cm³/mol. The molecule has 0 aliphatic heterocycles. The number of amides is 1. The Kier molecular flexibility index (Phi) is 4.66. The fraction of sp³-hybridized carbons (Fsp3) is 0.174. The minimum Gasteiger partial charge on any atom is -0.457 e. The van der Waals surface area contributed by atoms with E-state index in [-0.39, 0.29) is 11.1 Å². The number of carbonyl (C=O) groups excluding carboxylic acids is 1. The summed E-state index contributed by atoms with van der Waals surface area (Å²) in [5, 5.41) is 0.736. The lowest BCUT2D eigenvalue weighted by molar-refractivity contribution is 0.0998. The highest BCUT2D eigenvalue weighted by atomic mass is 16.5. The molecular formula is C23H23N5O2. The van der Waals surface area contributed by atoms with E-state index < -0.39 is 5.91 Å². The molecule has 0 unspecified atom stereocenters. The van der Waals surface area contributed by atoms with Gasteiger partial charge in [-0.25, -0.2) is 9.97 Å². The van der Waals surface area contributed by atoms with Crippen LogP contribution in [0, 0.1) is 0 Å². The van der Waals surface area contributed by atoms with E-state index in [2.05, 4.69) is 30.7 Å². The molecule has 7 heteroatoms. The second-order valence-electron chi connectivity index (χ2n) is 8.03. The number of aromatic nitrogens is 3.